The fourth-order valence-electron chi connectivity index (χ4n) is 2.70. The van der Waals surface area contributed by atoms with Gasteiger partial charge in [0.15, 0.2) is 0 Å². The van der Waals surface area contributed by atoms with Gasteiger partial charge in [-0.3, -0.25) is 0 Å². The Morgan fingerprint density at radius 2 is 1.96 bits per heavy atom. The second-order valence-corrected chi connectivity index (χ2v) is 7.24. The van der Waals surface area contributed by atoms with Crippen molar-refractivity contribution in [1.29, 1.82) is 0 Å². The zero-order valence-corrected chi connectivity index (χ0v) is 17.7. The van der Waals surface area contributed by atoms with Gasteiger partial charge in [0.1, 0.15) is 0 Å². The van der Waals surface area contributed by atoms with Gasteiger partial charge in [-0.1, -0.05) is 0 Å². The molecule has 0 unspecified atom stereocenters. The molecule has 0 aliphatic carbocycles. The summed E-state index contributed by atoms with van der Waals surface area (Å²) >= 11 is 0.554. The molecule has 0 atom stereocenters. The van der Waals surface area contributed by atoms with Crippen LogP contribution in [0, 0.1) is 0 Å². The van der Waals surface area contributed by atoms with Crippen LogP contribution < -0.4 is 4.74 Å². The molecule has 116 valence electrons. The number of hydrogen-bond acceptors (Lipinski definition) is 5. The molecule has 4 heterocycles. The van der Waals surface area contributed by atoms with E-state index in [1.54, 1.807) is 30.4 Å². The van der Waals surface area contributed by atoms with Crippen molar-refractivity contribution in [3.8, 4) is 28.4 Å². The molecule has 24 heavy (non-hydrogen) atoms. The number of aryl methyl sites for hydroxylation is 1. The second kappa shape index (κ2) is 5.97. The Balaban J connectivity index is 1.92. The van der Waals surface area contributed by atoms with Crippen LogP contribution in [0.25, 0.3) is 33.4 Å². The summed E-state index contributed by atoms with van der Waals surface area (Å²) in [6.07, 6.45) is 7.29. The summed E-state index contributed by atoms with van der Waals surface area (Å²) in [7, 11) is 3.52. The molecular weight excluding hydrogens is 497 g/mol. The van der Waals surface area contributed by atoms with E-state index in [9.17, 15) is 0 Å². The zero-order valence-electron chi connectivity index (χ0n) is 13.2. The predicted octanol–water partition coefficient (Wildman–Crippen LogP) is 1.83. The molecule has 7 nitrogen and oxygen atoms in total. The van der Waals surface area contributed by atoms with Crippen LogP contribution in [0.4, 0.5) is 0 Å². The molecule has 0 aromatic carbocycles. The van der Waals surface area contributed by atoms with E-state index in [0.717, 1.165) is 33.4 Å². The van der Waals surface area contributed by atoms with Crippen molar-refractivity contribution < 1.29 is 4.74 Å². The van der Waals surface area contributed by atoms with E-state index in [1.165, 1.54) is 0 Å². The molecule has 0 bridgehead atoms. The van der Waals surface area contributed by atoms with E-state index in [4.69, 9.17) is 9.84 Å². The first-order chi connectivity index (χ1) is 11.7. The molecule has 0 aliphatic heterocycles. The molecule has 4 aromatic rings. The van der Waals surface area contributed by atoms with Crippen LogP contribution in [0.1, 0.15) is 0 Å². The topological polar surface area (TPSA) is 70.7 Å². The van der Waals surface area contributed by atoms with Crippen LogP contribution in [0.15, 0.2) is 43.0 Å². The Bertz CT molecular complexity index is 1040. The molecule has 4 aromatic heterocycles. The summed E-state index contributed by atoms with van der Waals surface area (Å²) in [6, 6.07) is 5.95. The monoisotopic (exact) mass is 510 g/mol. The van der Waals surface area contributed by atoms with Gasteiger partial charge in [-0.05, 0) is 0 Å². The third kappa shape index (κ3) is 2.48. The summed E-state index contributed by atoms with van der Waals surface area (Å²) in [4.78, 5) is 8.78. The van der Waals surface area contributed by atoms with Crippen molar-refractivity contribution >= 4 is 37.0 Å². The number of rotatable bonds is 3. The Kier molecular flexibility index (Phi) is 3.79. The van der Waals surface area contributed by atoms with Crippen LogP contribution in [0.3, 0.4) is 0 Å². The maximum atomic E-state index is 5.45. The molecular formula is C16H13N6OTl. The number of hydrogen-bond donors (Lipinski definition) is 0. The third-order valence-electron chi connectivity index (χ3n) is 3.81. The molecule has 0 fully saturated rings. The van der Waals surface area contributed by atoms with Crippen LogP contribution >= 0.6 is 0 Å². The van der Waals surface area contributed by atoms with Crippen molar-refractivity contribution in [1.82, 2.24) is 27.3 Å². The molecule has 0 saturated carbocycles. The summed E-state index contributed by atoms with van der Waals surface area (Å²) < 4.78 is 9.21. The van der Waals surface area contributed by atoms with Gasteiger partial charge in [0.25, 0.3) is 0 Å². The van der Waals surface area contributed by atoms with Crippen molar-refractivity contribution in [2.45, 2.75) is 0 Å². The minimum absolute atomic E-state index is 0.554. The molecule has 0 spiro atoms. The number of nitrogens with zero attached hydrogens (tertiary/aromatic N) is 6. The number of aromatic nitrogens is 6. The molecule has 4 rings (SSSR count). The van der Waals surface area contributed by atoms with E-state index >= 15 is 0 Å². The fraction of sp³-hybridized carbons (Fsp3) is 0.125. The van der Waals surface area contributed by atoms with Crippen LogP contribution in [0.2, 0.25) is 0 Å². The average molecular weight is 510 g/mol. The van der Waals surface area contributed by atoms with Crippen molar-refractivity contribution in [2.24, 2.45) is 7.05 Å². The molecule has 8 heteroatoms. The van der Waals surface area contributed by atoms with Crippen LogP contribution in [-0.2, 0) is 7.05 Å². The van der Waals surface area contributed by atoms with Crippen LogP contribution in [0.5, 0.6) is 5.88 Å². The molecule has 0 aliphatic rings. The Labute approximate surface area is 154 Å². The van der Waals surface area contributed by atoms with Crippen LogP contribution in [-0.4, -0.2) is 60.5 Å². The summed E-state index contributed by atoms with van der Waals surface area (Å²) in [6.45, 7) is 0. The minimum atomic E-state index is 0.554. The third-order valence-corrected chi connectivity index (χ3v) is 5.34. The number of ether oxygens (including phenoxy) is 1. The van der Waals surface area contributed by atoms with Gasteiger partial charge < -0.3 is 0 Å². The van der Waals surface area contributed by atoms with Gasteiger partial charge in [0, 0.05) is 0 Å². The van der Waals surface area contributed by atoms with Crippen molar-refractivity contribution in [3.05, 3.63) is 43.0 Å². The number of pyridine rings is 2. The summed E-state index contributed by atoms with van der Waals surface area (Å²) in [5.74, 6) is 0.592. The fourth-order valence-corrected chi connectivity index (χ4v) is 3.99. The van der Waals surface area contributed by atoms with E-state index in [-0.39, 0.29) is 0 Å². The van der Waals surface area contributed by atoms with Gasteiger partial charge in [-0.25, -0.2) is 0 Å². The molecule has 0 N–H and O–H groups in total. The number of fused-ring (bicyclic) bond motifs is 1. The van der Waals surface area contributed by atoms with E-state index in [1.807, 2.05) is 33.9 Å². The Morgan fingerprint density at radius 3 is 2.71 bits per heavy atom. The maximum absolute atomic E-state index is 5.45. The molecule has 0 saturated heterocycles. The van der Waals surface area contributed by atoms with Crippen molar-refractivity contribution in [2.75, 3.05) is 7.11 Å². The Hall–Kier alpha value is -2.30. The van der Waals surface area contributed by atoms with E-state index in [2.05, 4.69) is 15.1 Å². The Morgan fingerprint density at radius 1 is 1.12 bits per heavy atom. The first-order valence-electron chi connectivity index (χ1n) is 7.29. The summed E-state index contributed by atoms with van der Waals surface area (Å²) in [5, 5.41) is 9.88. The zero-order chi connectivity index (χ0) is 16.7. The number of methoxy groups -OCH3 is 1. The van der Waals surface area contributed by atoms with Gasteiger partial charge in [-0.2, -0.15) is 0 Å². The quantitative estimate of drug-likeness (QED) is 0.394. The normalized spacial score (nSPS) is 11.0. The molecule has 0 amide bonds. The van der Waals surface area contributed by atoms with E-state index in [0.29, 0.717) is 31.9 Å². The first-order valence-corrected chi connectivity index (χ1v) is 9.30. The predicted molar refractivity (Wildman–Crippen MR) is 90.7 cm³/mol. The van der Waals surface area contributed by atoms with Crippen molar-refractivity contribution in [3.63, 3.8) is 0 Å². The SMILES string of the molecule is COc1nccc2c1c(-c1ccnc(-c3cnn(C)c3)c1)n[n]2[Tl]. The van der Waals surface area contributed by atoms with E-state index < -0.39 is 0 Å². The van der Waals surface area contributed by atoms with Gasteiger partial charge in [-0.15, -0.1) is 0 Å². The van der Waals surface area contributed by atoms with Gasteiger partial charge in [0.05, 0.1) is 0 Å². The standard InChI is InChI=1S/C16H13N6O.Tl/c1-22-9-11(8-19-22)13-7-10(3-5-17-13)15-14-12(20-21-15)4-6-18-16(14)23-2;/h3-9H,1-2H3;/q-1;+1. The molecule has 0 radical (unpaired) electrons. The van der Waals surface area contributed by atoms with Gasteiger partial charge >= 0.3 is 155 Å². The first kappa shape index (κ1) is 15.2. The van der Waals surface area contributed by atoms with Gasteiger partial charge in [0.2, 0.25) is 0 Å². The average Bonchev–Trinajstić information content (AvgIpc) is 3.19. The second-order valence-electron chi connectivity index (χ2n) is 5.34. The summed E-state index contributed by atoms with van der Waals surface area (Å²) in [5.41, 5.74) is 4.73.